The fourth-order valence-electron chi connectivity index (χ4n) is 4.08. The molecule has 0 aliphatic carbocycles. The van der Waals surface area contributed by atoms with E-state index in [4.69, 9.17) is 22.9 Å². The van der Waals surface area contributed by atoms with Crippen molar-refractivity contribution in [3.8, 4) is 0 Å². The molecule has 1 saturated heterocycles. The first-order chi connectivity index (χ1) is 19.1. The molecule has 0 aromatic carbocycles. The topological polar surface area (TPSA) is 294 Å². The number of carbonyl (C=O) groups is 4. The Bertz CT molecular complexity index is 1030. The minimum Gasteiger partial charge on any atom is -0.480 e. The third kappa shape index (κ3) is 11.5. The van der Waals surface area contributed by atoms with E-state index in [9.17, 15) is 24.3 Å². The van der Waals surface area contributed by atoms with Crippen LogP contribution in [0.3, 0.4) is 0 Å². The molecule has 1 fully saturated rings. The number of nitrogens with two attached hydrogens (primary N) is 4. The van der Waals surface area contributed by atoms with Gasteiger partial charge >= 0.3 is 5.97 Å². The van der Waals surface area contributed by atoms with Crippen LogP contribution in [0.15, 0.2) is 22.5 Å². The molecule has 3 amide bonds. The highest BCUT2D eigenvalue weighted by Gasteiger charge is 2.31. The molecular weight excluding hydrogens is 524 g/mol. The van der Waals surface area contributed by atoms with E-state index >= 15 is 0 Å². The molecule has 0 spiro atoms. The Morgan fingerprint density at radius 1 is 0.950 bits per heavy atom. The van der Waals surface area contributed by atoms with Gasteiger partial charge in [0, 0.05) is 31.4 Å². The predicted octanol–water partition coefficient (Wildman–Crippen LogP) is -3.65. The number of nitrogens with one attached hydrogen (secondary N) is 5. The van der Waals surface area contributed by atoms with Gasteiger partial charge in [0.05, 0.1) is 12.4 Å². The van der Waals surface area contributed by atoms with E-state index in [-0.39, 0.29) is 50.2 Å². The van der Waals surface area contributed by atoms with Crippen molar-refractivity contribution in [2.24, 2.45) is 32.9 Å². The number of nitrogens with zero attached hydrogens (tertiary/aromatic N) is 3. The average molecular weight is 565 g/mol. The maximum absolute atomic E-state index is 13.4. The second kappa shape index (κ2) is 16.5. The number of rotatable bonds is 17. The summed E-state index contributed by atoms with van der Waals surface area (Å²) < 4.78 is 0. The second-order valence-corrected chi connectivity index (χ2v) is 9.35. The van der Waals surface area contributed by atoms with Crippen molar-refractivity contribution < 1.29 is 24.3 Å². The molecule has 14 N–H and O–H groups in total. The van der Waals surface area contributed by atoms with Crippen molar-refractivity contribution in [1.82, 2.24) is 31.2 Å². The number of hydrogen-bond donors (Lipinski definition) is 10. The van der Waals surface area contributed by atoms with E-state index in [1.54, 1.807) is 0 Å². The molecule has 1 aliphatic rings. The quantitative estimate of drug-likeness (QED) is 0.0499. The Hall–Kier alpha value is -4.41. The van der Waals surface area contributed by atoms with Gasteiger partial charge in [-0.05, 0) is 45.1 Å². The van der Waals surface area contributed by atoms with Crippen LogP contribution in [0.4, 0.5) is 0 Å². The van der Waals surface area contributed by atoms with E-state index in [2.05, 4.69) is 41.2 Å². The number of H-pyrrole nitrogens is 1. The van der Waals surface area contributed by atoms with Crippen LogP contribution >= 0.6 is 0 Å². The predicted molar refractivity (Wildman–Crippen MR) is 147 cm³/mol. The van der Waals surface area contributed by atoms with Gasteiger partial charge < -0.3 is 54.3 Å². The summed E-state index contributed by atoms with van der Waals surface area (Å²) in [6, 6.07) is -3.83. The van der Waals surface area contributed by atoms with Crippen LogP contribution in [0, 0.1) is 0 Å². The lowest BCUT2D eigenvalue weighted by Crippen LogP contribution is -2.57. The number of guanidine groups is 2. The lowest BCUT2D eigenvalue weighted by atomic mass is 10.1. The first-order valence-corrected chi connectivity index (χ1v) is 13.0. The molecule has 17 heteroatoms. The average Bonchev–Trinajstić information content (AvgIpc) is 3.61. The number of hydrogen-bond acceptors (Lipinski definition) is 8. The maximum atomic E-state index is 13.4. The van der Waals surface area contributed by atoms with Crippen molar-refractivity contribution in [3.63, 3.8) is 0 Å². The molecule has 4 atom stereocenters. The summed E-state index contributed by atoms with van der Waals surface area (Å²) in [5.41, 5.74) is 21.9. The standard InChI is InChI=1S/C23H40N12O5/c24-22(25)30-8-2-5-15(19(37)34-16(21(39)40)6-3-9-31-23(26)27)33-20(38)17(10-13-11-28-12-32-13)35-18(36)14-4-1-7-29-14/h11-12,14-17,29H,1-10H2,(H,28,32)(H,33,38)(H,34,37)(H,35,36)(H,39,40)(H4,24,25,30)(H4,26,27,31). The normalized spacial score (nSPS) is 16.6. The van der Waals surface area contributed by atoms with Crippen LogP contribution in [0.5, 0.6) is 0 Å². The van der Waals surface area contributed by atoms with E-state index in [0.29, 0.717) is 31.5 Å². The number of aliphatic carboxylic acids is 1. The zero-order chi connectivity index (χ0) is 29.5. The molecule has 222 valence electrons. The van der Waals surface area contributed by atoms with Gasteiger partial charge in [-0.25, -0.2) is 9.78 Å². The highest BCUT2D eigenvalue weighted by molar-refractivity contribution is 5.94. The SMILES string of the molecule is NC(N)=NCCCC(NC(=O)C(CCCN=C(N)N)NC(=O)C(Cc1cnc[nH]1)NC(=O)C1CCCN1)C(=O)O. The van der Waals surface area contributed by atoms with Crippen LogP contribution in [-0.2, 0) is 25.6 Å². The summed E-state index contributed by atoms with van der Waals surface area (Å²) in [5.74, 6) is -3.17. The number of amides is 3. The highest BCUT2D eigenvalue weighted by atomic mass is 16.4. The second-order valence-electron chi connectivity index (χ2n) is 9.35. The minimum absolute atomic E-state index is 0.0550. The van der Waals surface area contributed by atoms with Crippen LogP contribution < -0.4 is 44.2 Å². The molecule has 1 aromatic heterocycles. The Morgan fingerprint density at radius 3 is 2.08 bits per heavy atom. The van der Waals surface area contributed by atoms with E-state index in [1.807, 2.05) is 0 Å². The van der Waals surface area contributed by atoms with Crippen LogP contribution in [0.1, 0.15) is 44.2 Å². The van der Waals surface area contributed by atoms with Gasteiger partial charge in [-0.2, -0.15) is 0 Å². The van der Waals surface area contributed by atoms with Gasteiger partial charge in [-0.15, -0.1) is 0 Å². The van der Waals surface area contributed by atoms with Crippen molar-refractivity contribution in [3.05, 3.63) is 18.2 Å². The van der Waals surface area contributed by atoms with Gasteiger partial charge in [-0.3, -0.25) is 24.4 Å². The summed E-state index contributed by atoms with van der Waals surface area (Å²) in [4.78, 5) is 65.7. The molecule has 0 bridgehead atoms. The van der Waals surface area contributed by atoms with Crippen LogP contribution in [-0.4, -0.2) is 94.5 Å². The molecule has 4 unspecified atom stereocenters. The van der Waals surface area contributed by atoms with Crippen molar-refractivity contribution in [2.45, 2.75) is 69.1 Å². The van der Waals surface area contributed by atoms with E-state index in [1.165, 1.54) is 12.5 Å². The third-order valence-corrected chi connectivity index (χ3v) is 6.13. The zero-order valence-corrected chi connectivity index (χ0v) is 22.3. The maximum Gasteiger partial charge on any atom is 0.326 e. The monoisotopic (exact) mass is 564 g/mol. The molecule has 0 saturated carbocycles. The molecule has 0 radical (unpaired) electrons. The Balaban J connectivity index is 2.15. The molecule has 2 heterocycles. The summed E-state index contributed by atoms with van der Waals surface area (Å²) in [6.07, 6.45) is 5.30. The first kappa shape index (κ1) is 31.8. The van der Waals surface area contributed by atoms with Crippen molar-refractivity contribution in [2.75, 3.05) is 19.6 Å². The zero-order valence-electron chi connectivity index (χ0n) is 22.3. The van der Waals surface area contributed by atoms with Crippen LogP contribution in [0.2, 0.25) is 0 Å². The molecule has 2 rings (SSSR count). The Kier molecular flexibility index (Phi) is 13.1. The number of imidazole rings is 1. The lowest BCUT2D eigenvalue weighted by Gasteiger charge is -2.25. The first-order valence-electron chi connectivity index (χ1n) is 13.0. The Labute approximate surface area is 231 Å². The van der Waals surface area contributed by atoms with Gasteiger partial charge in [-0.1, -0.05) is 0 Å². The fraction of sp³-hybridized carbons (Fsp3) is 0.609. The summed E-state index contributed by atoms with van der Waals surface area (Å²) in [6.45, 7) is 1.07. The van der Waals surface area contributed by atoms with Gasteiger partial charge in [0.15, 0.2) is 11.9 Å². The molecular formula is C23H40N12O5. The van der Waals surface area contributed by atoms with Crippen LogP contribution in [0.25, 0.3) is 0 Å². The molecule has 40 heavy (non-hydrogen) atoms. The minimum atomic E-state index is -1.25. The number of aliphatic imine (C=N–C) groups is 2. The number of aromatic nitrogens is 2. The van der Waals surface area contributed by atoms with E-state index in [0.717, 1.165) is 6.42 Å². The number of carbonyl (C=O) groups excluding carboxylic acids is 3. The largest absolute Gasteiger partial charge is 0.480 e. The molecule has 17 nitrogen and oxygen atoms in total. The summed E-state index contributed by atoms with van der Waals surface area (Å²) >= 11 is 0. The highest BCUT2D eigenvalue weighted by Crippen LogP contribution is 2.08. The van der Waals surface area contributed by atoms with Crippen molar-refractivity contribution in [1.29, 1.82) is 0 Å². The van der Waals surface area contributed by atoms with E-state index < -0.39 is 42.0 Å². The number of aromatic amines is 1. The van der Waals surface area contributed by atoms with Gasteiger partial charge in [0.1, 0.15) is 18.1 Å². The third-order valence-electron chi connectivity index (χ3n) is 6.13. The summed E-state index contributed by atoms with van der Waals surface area (Å²) in [5, 5.41) is 20.6. The van der Waals surface area contributed by atoms with Gasteiger partial charge in [0.25, 0.3) is 0 Å². The summed E-state index contributed by atoms with van der Waals surface area (Å²) in [7, 11) is 0. The number of carboxylic acids is 1. The smallest absolute Gasteiger partial charge is 0.326 e. The number of carboxylic acid groups (broad SMARTS) is 1. The van der Waals surface area contributed by atoms with Crippen molar-refractivity contribution >= 4 is 35.6 Å². The lowest BCUT2D eigenvalue weighted by molar-refractivity contribution is -0.142. The molecule has 1 aliphatic heterocycles. The Morgan fingerprint density at radius 2 is 1.55 bits per heavy atom. The fourth-order valence-corrected chi connectivity index (χ4v) is 4.08. The van der Waals surface area contributed by atoms with Gasteiger partial charge in [0.2, 0.25) is 17.7 Å². The molecule has 1 aromatic rings.